The largest absolute Gasteiger partial charge is 0.493 e. The van der Waals surface area contributed by atoms with Gasteiger partial charge >= 0.3 is 0 Å². The minimum atomic E-state index is 0. The second-order valence-corrected chi connectivity index (χ2v) is 7.82. The maximum absolute atomic E-state index is 5.90. The van der Waals surface area contributed by atoms with Gasteiger partial charge < -0.3 is 20.1 Å². The summed E-state index contributed by atoms with van der Waals surface area (Å²) >= 11 is 0. The van der Waals surface area contributed by atoms with Crippen molar-refractivity contribution in [2.45, 2.75) is 32.8 Å². The SMILES string of the molecule is CN=C(NCCc1ccc2c(c1)CCO2)NCC1CN(CC(C)C)CCO1.I. The van der Waals surface area contributed by atoms with Crippen LogP contribution in [0.2, 0.25) is 0 Å². The number of aliphatic imine (C=N–C) groups is 1. The van der Waals surface area contributed by atoms with E-state index < -0.39 is 0 Å². The Morgan fingerprint density at radius 2 is 2.14 bits per heavy atom. The average molecular weight is 502 g/mol. The van der Waals surface area contributed by atoms with Crippen molar-refractivity contribution in [3.05, 3.63) is 29.3 Å². The monoisotopic (exact) mass is 502 g/mol. The molecule has 0 amide bonds. The van der Waals surface area contributed by atoms with Crippen LogP contribution in [0, 0.1) is 5.92 Å². The van der Waals surface area contributed by atoms with Crippen LogP contribution in [0.15, 0.2) is 23.2 Å². The number of nitrogens with zero attached hydrogens (tertiary/aromatic N) is 2. The third-order valence-electron chi connectivity index (χ3n) is 5.03. The minimum absolute atomic E-state index is 0. The summed E-state index contributed by atoms with van der Waals surface area (Å²) < 4.78 is 11.5. The highest BCUT2D eigenvalue weighted by Crippen LogP contribution is 2.25. The molecule has 1 atom stereocenters. The molecule has 1 fully saturated rings. The highest BCUT2D eigenvalue weighted by molar-refractivity contribution is 14.0. The van der Waals surface area contributed by atoms with E-state index in [0.29, 0.717) is 5.92 Å². The number of ether oxygens (including phenoxy) is 2. The average Bonchev–Trinajstić information content (AvgIpc) is 3.12. The zero-order valence-corrected chi connectivity index (χ0v) is 19.7. The van der Waals surface area contributed by atoms with Crippen molar-refractivity contribution in [2.24, 2.45) is 10.9 Å². The number of fused-ring (bicyclic) bond motifs is 1. The summed E-state index contributed by atoms with van der Waals surface area (Å²) in [6, 6.07) is 6.51. The molecule has 2 N–H and O–H groups in total. The van der Waals surface area contributed by atoms with Crippen molar-refractivity contribution in [3.63, 3.8) is 0 Å². The van der Waals surface area contributed by atoms with Gasteiger partial charge in [-0.15, -0.1) is 24.0 Å². The van der Waals surface area contributed by atoms with E-state index in [9.17, 15) is 0 Å². The first-order chi connectivity index (χ1) is 13.1. The summed E-state index contributed by atoms with van der Waals surface area (Å²) in [4.78, 5) is 6.83. The summed E-state index contributed by atoms with van der Waals surface area (Å²) in [6.45, 7) is 10.9. The van der Waals surface area contributed by atoms with Gasteiger partial charge in [0.2, 0.25) is 0 Å². The molecule has 0 aromatic heterocycles. The number of benzene rings is 1. The van der Waals surface area contributed by atoms with Crippen LogP contribution in [-0.2, 0) is 17.6 Å². The topological polar surface area (TPSA) is 58.1 Å². The third kappa shape index (κ3) is 7.08. The number of nitrogens with one attached hydrogen (secondary N) is 2. The Morgan fingerprint density at radius 1 is 1.29 bits per heavy atom. The van der Waals surface area contributed by atoms with Crippen molar-refractivity contribution in [2.75, 3.05) is 53.0 Å². The van der Waals surface area contributed by atoms with Crippen molar-refractivity contribution in [3.8, 4) is 5.75 Å². The first-order valence-corrected chi connectivity index (χ1v) is 10.2. The van der Waals surface area contributed by atoms with E-state index in [1.165, 1.54) is 11.1 Å². The van der Waals surface area contributed by atoms with E-state index in [1.54, 1.807) is 0 Å². The van der Waals surface area contributed by atoms with Gasteiger partial charge in [0, 0.05) is 46.2 Å². The highest BCUT2D eigenvalue weighted by Gasteiger charge is 2.21. The first-order valence-electron chi connectivity index (χ1n) is 10.2. The second kappa shape index (κ2) is 11.8. The number of hydrogen-bond acceptors (Lipinski definition) is 4. The molecular weight excluding hydrogens is 467 g/mol. The predicted octanol–water partition coefficient (Wildman–Crippen LogP) is 2.30. The van der Waals surface area contributed by atoms with Crippen LogP contribution in [0.4, 0.5) is 0 Å². The van der Waals surface area contributed by atoms with Crippen molar-refractivity contribution < 1.29 is 9.47 Å². The van der Waals surface area contributed by atoms with E-state index in [2.05, 4.69) is 52.6 Å². The van der Waals surface area contributed by atoms with Crippen molar-refractivity contribution in [1.29, 1.82) is 0 Å². The van der Waals surface area contributed by atoms with Crippen LogP contribution >= 0.6 is 24.0 Å². The van der Waals surface area contributed by atoms with Gasteiger partial charge in [-0.1, -0.05) is 26.0 Å². The van der Waals surface area contributed by atoms with Gasteiger partial charge in [-0.25, -0.2) is 0 Å². The molecule has 1 aromatic carbocycles. The van der Waals surface area contributed by atoms with Crippen LogP contribution in [0.3, 0.4) is 0 Å². The van der Waals surface area contributed by atoms with Gasteiger partial charge in [0.25, 0.3) is 0 Å². The molecule has 7 heteroatoms. The molecule has 0 aliphatic carbocycles. The summed E-state index contributed by atoms with van der Waals surface area (Å²) in [5, 5.41) is 6.82. The molecule has 0 saturated carbocycles. The Bertz CT molecular complexity index is 639. The maximum atomic E-state index is 5.90. The zero-order valence-electron chi connectivity index (χ0n) is 17.4. The summed E-state index contributed by atoms with van der Waals surface area (Å²) in [5.41, 5.74) is 2.66. The highest BCUT2D eigenvalue weighted by atomic mass is 127. The molecule has 1 unspecified atom stereocenters. The summed E-state index contributed by atoms with van der Waals surface area (Å²) in [7, 11) is 1.81. The fourth-order valence-corrected chi connectivity index (χ4v) is 3.74. The first kappa shape index (κ1) is 23.2. The van der Waals surface area contributed by atoms with E-state index in [4.69, 9.17) is 9.47 Å². The molecule has 1 aromatic rings. The molecule has 158 valence electrons. The number of morpholine rings is 1. The predicted molar refractivity (Wildman–Crippen MR) is 125 cm³/mol. The quantitative estimate of drug-likeness (QED) is 0.341. The maximum Gasteiger partial charge on any atom is 0.191 e. The smallest absolute Gasteiger partial charge is 0.191 e. The van der Waals surface area contributed by atoms with E-state index in [-0.39, 0.29) is 30.1 Å². The van der Waals surface area contributed by atoms with Gasteiger partial charge in [0.05, 0.1) is 19.3 Å². The van der Waals surface area contributed by atoms with Crippen LogP contribution in [0.1, 0.15) is 25.0 Å². The van der Waals surface area contributed by atoms with Gasteiger partial charge in [0.15, 0.2) is 5.96 Å². The lowest BCUT2D eigenvalue weighted by Gasteiger charge is -2.34. The second-order valence-electron chi connectivity index (χ2n) is 7.82. The molecule has 2 aliphatic heterocycles. The van der Waals surface area contributed by atoms with Crippen LogP contribution < -0.4 is 15.4 Å². The fourth-order valence-electron chi connectivity index (χ4n) is 3.74. The third-order valence-corrected chi connectivity index (χ3v) is 5.03. The lowest BCUT2D eigenvalue weighted by molar-refractivity contribution is -0.0284. The van der Waals surface area contributed by atoms with Gasteiger partial charge in [-0.2, -0.15) is 0 Å². The van der Waals surface area contributed by atoms with E-state index in [0.717, 1.165) is 70.5 Å². The van der Waals surface area contributed by atoms with Crippen LogP contribution in [0.25, 0.3) is 0 Å². The molecule has 2 heterocycles. The lowest BCUT2D eigenvalue weighted by atomic mass is 10.1. The summed E-state index contributed by atoms with van der Waals surface area (Å²) in [5.74, 6) is 2.57. The minimum Gasteiger partial charge on any atom is -0.493 e. The number of halogens is 1. The lowest BCUT2D eigenvalue weighted by Crippen LogP contribution is -2.50. The van der Waals surface area contributed by atoms with Crippen LogP contribution in [-0.4, -0.2) is 69.9 Å². The van der Waals surface area contributed by atoms with Crippen molar-refractivity contribution in [1.82, 2.24) is 15.5 Å². The standard InChI is InChI=1S/C21H34N4O2.HI/c1-16(2)14-25-9-11-26-19(15-25)13-24-21(22-3)23-8-6-17-4-5-20-18(12-17)7-10-27-20;/h4-5,12,16,19H,6-11,13-15H2,1-3H3,(H2,22,23,24);1H. The van der Waals surface area contributed by atoms with Crippen molar-refractivity contribution >= 4 is 29.9 Å². The molecular formula is C21H35IN4O2. The van der Waals surface area contributed by atoms with E-state index in [1.807, 2.05) is 7.05 Å². The molecule has 28 heavy (non-hydrogen) atoms. The molecule has 1 saturated heterocycles. The Kier molecular flexibility index (Phi) is 9.81. The molecule has 0 radical (unpaired) electrons. The van der Waals surface area contributed by atoms with Gasteiger partial charge in [-0.05, 0) is 29.5 Å². The molecule has 2 aliphatic rings. The fraction of sp³-hybridized carbons (Fsp3) is 0.667. The molecule has 0 spiro atoms. The molecule has 6 nitrogen and oxygen atoms in total. The number of hydrogen-bond donors (Lipinski definition) is 2. The van der Waals surface area contributed by atoms with E-state index >= 15 is 0 Å². The van der Waals surface area contributed by atoms with Gasteiger partial charge in [-0.3, -0.25) is 9.89 Å². The van der Waals surface area contributed by atoms with Crippen LogP contribution in [0.5, 0.6) is 5.75 Å². The Morgan fingerprint density at radius 3 is 2.93 bits per heavy atom. The molecule has 0 bridgehead atoms. The molecule has 3 rings (SSSR count). The zero-order chi connectivity index (χ0) is 19.1. The number of guanidine groups is 1. The van der Waals surface area contributed by atoms with Gasteiger partial charge in [0.1, 0.15) is 5.75 Å². The normalized spacial score (nSPS) is 19.7. The Hall–Kier alpha value is -1.06. The number of rotatable bonds is 7. The Balaban J connectivity index is 0.00000280. The Labute approximate surface area is 186 Å². The summed E-state index contributed by atoms with van der Waals surface area (Å²) in [6.07, 6.45) is 2.21.